The third-order valence-electron chi connectivity index (χ3n) is 5.94. The molecule has 1 aliphatic heterocycles. The second-order valence-electron chi connectivity index (χ2n) is 7.16. The number of hydrogen-bond donors (Lipinski definition) is 0. The molecular formula is C19H22ClNOS. The molecular weight excluding hydrogens is 326 g/mol. The largest absolute Gasteiger partial charge is 0.334 e. The quantitative estimate of drug-likeness (QED) is 0.707. The highest BCUT2D eigenvalue weighted by atomic mass is 35.5. The summed E-state index contributed by atoms with van der Waals surface area (Å²) in [6, 6.07) is 8.31. The second-order valence-corrected chi connectivity index (χ2v) is 8.62. The highest BCUT2D eigenvalue weighted by Gasteiger charge is 2.46. The Morgan fingerprint density at radius 3 is 2.96 bits per heavy atom. The van der Waals surface area contributed by atoms with E-state index in [1.165, 1.54) is 30.6 Å². The standard InChI is InChI=1S/C19H22ClNOS/c1-3-12-7-14-10-21(16(8-12)11(14)2)19(22)17-9-13-5-4-6-15(20)18(13)23-17/h4-6,9,11-12,14,16H,3,7-8,10H2,1-2H3. The van der Waals surface area contributed by atoms with E-state index < -0.39 is 0 Å². The maximum absolute atomic E-state index is 13.1. The summed E-state index contributed by atoms with van der Waals surface area (Å²) in [5.41, 5.74) is 0. The van der Waals surface area contributed by atoms with Gasteiger partial charge in [0.25, 0.3) is 5.91 Å². The lowest BCUT2D eigenvalue weighted by Gasteiger charge is -2.33. The Morgan fingerprint density at radius 2 is 2.22 bits per heavy atom. The van der Waals surface area contributed by atoms with E-state index in [0.717, 1.165) is 32.4 Å². The molecule has 2 aliphatic rings. The average molecular weight is 348 g/mol. The van der Waals surface area contributed by atoms with Crippen LogP contribution in [0, 0.1) is 17.8 Å². The Morgan fingerprint density at radius 1 is 1.39 bits per heavy atom. The molecule has 2 bridgehead atoms. The van der Waals surface area contributed by atoms with Crippen LogP contribution in [0.25, 0.3) is 10.1 Å². The minimum Gasteiger partial charge on any atom is -0.334 e. The summed E-state index contributed by atoms with van der Waals surface area (Å²) < 4.78 is 1.03. The molecule has 0 N–H and O–H groups in total. The number of hydrogen-bond acceptors (Lipinski definition) is 2. The van der Waals surface area contributed by atoms with Crippen LogP contribution in [0.3, 0.4) is 0 Å². The monoisotopic (exact) mass is 347 g/mol. The van der Waals surface area contributed by atoms with Crippen LogP contribution in [-0.2, 0) is 0 Å². The Bertz CT molecular complexity index is 755. The van der Waals surface area contributed by atoms with Gasteiger partial charge in [-0.15, -0.1) is 11.3 Å². The minimum atomic E-state index is 0.207. The highest BCUT2D eigenvalue weighted by Crippen LogP contribution is 2.45. The van der Waals surface area contributed by atoms with Gasteiger partial charge in [0.05, 0.1) is 14.6 Å². The Labute approximate surface area is 146 Å². The third kappa shape index (κ3) is 2.49. The molecule has 2 nitrogen and oxygen atoms in total. The predicted octanol–water partition coefficient (Wildman–Crippen LogP) is 5.45. The van der Waals surface area contributed by atoms with Gasteiger partial charge in [0.15, 0.2) is 0 Å². The Hall–Kier alpha value is -1.06. The first-order chi connectivity index (χ1) is 11.1. The number of likely N-dealkylation sites (tertiary alicyclic amines) is 1. The van der Waals surface area contributed by atoms with E-state index in [2.05, 4.69) is 18.7 Å². The maximum atomic E-state index is 13.1. The van der Waals surface area contributed by atoms with Crippen LogP contribution in [-0.4, -0.2) is 23.4 Å². The lowest BCUT2D eigenvalue weighted by atomic mass is 9.74. The topological polar surface area (TPSA) is 20.3 Å². The van der Waals surface area contributed by atoms with E-state index in [-0.39, 0.29) is 5.91 Å². The highest BCUT2D eigenvalue weighted by molar-refractivity contribution is 7.21. The number of carbonyl (C=O) groups is 1. The van der Waals surface area contributed by atoms with Gasteiger partial charge in [-0.05, 0) is 48.1 Å². The van der Waals surface area contributed by atoms with Gasteiger partial charge in [0.1, 0.15) is 0 Å². The van der Waals surface area contributed by atoms with Crippen molar-refractivity contribution in [3.8, 4) is 0 Å². The van der Waals surface area contributed by atoms with Crippen LogP contribution >= 0.6 is 22.9 Å². The summed E-state index contributed by atoms with van der Waals surface area (Å²) in [5.74, 6) is 2.31. The van der Waals surface area contributed by atoms with Crippen molar-refractivity contribution in [1.82, 2.24) is 4.90 Å². The number of carbonyl (C=O) groups excluding carboxylic acids is 1. The fourth-order valence-electron chi connectivity index (χ4n) is 4.49. The van der Waals surface area contributed by atoms with Crippen LogP contribution in [0.4, 0.5) is 0 Å². The van der Waals surface area contributed by atoms with Gasteiger partial charge in [0.2, 0.25) is 0 Å². The van der Waals surface area contributed by atoms with Gasteiger partial charge in [-0.1, -0.05) is 44.0 Å². The summed E-state index contributed by atoms with van der Waals surface area (Å²) in [4.78, 5) is 16.1. The summed E-state index contributed by atoms with van der Waals surface area (Å²) in [5, 5.41) is 1.82. The van der Waals surface area contributed by atoms with Crippen molar-refractivity contribution in [2.45, 2.75) is 39.2 Å². The van der Waals surface area contributed by atoms with E-state index in [9.17, 15) is 4.79 Å². The molecule has 4 rings (SSSR count). The normalized spacial score (nSPS) is 30.1. The van der Waals surface area contributed by atoms with Gasteiger partial charge < -0.3 is 4.90 Å². The number of benzene rings is 1. The molecule has 2 fully saturated rings. The molecule has 1 aromatic carbocycles. The van der Waals surface area contributed by atoms with Gasteiger partial charge in [-0.3, -0.25) is 4.79 Å². The van der Waals surface area contributed by atoms with Crippen molar-refractivity contribution in [1.29, 1.82) is 0 Å². The summed E-state index contributed by atoms with van der Waals surface area (Å²) in [6.45, 7) is 5.54. The molecule has 1 saturated heterocycles. The maximum Gasteiger partial charge on any atom is 0.264 e. The van der Waals surface area contributed by atoms with Crippen molar-refractivity contribution in [3.05, 3.63) is 34.2 Å². The Balaban J connectivity index is 1.65. The number of fused-ring (bicyclic) bond motifs is 3. The molecule has 4 atom stereocenters. The second kappa shape index (κ2) is 5.78. The van der Waals surface area contributed by atoms with Crippen LogP contribution in [0.15, 0.2) is 24.3 Å². The SMILES string of the molecule is CCC1CC2CN(C(=O)c3cc4cccc(Cl)c4s3)C(C1)C2C. The van der Waals surface area contributed by atoms with Crippen molar-refractivity contribution >= 4 is 38.9 Å². The number of amides is 1. The minimum absolute atomic E-state index is 0.207. The first-order valence-electron chi connectivity index (χ1n) is 8.57. The summed E-state index contributed by atoms with van der Waals surface area (Å²) >= 11 is 7.81. The first-order valence-corrected chi connectivity index (χ1v) is 9.77. The number of nitrogens with zero attached hydrogens (tertiary/aromatic N) is 1. The molecule has 122 valence electrons. The van der Waals surface area contributed by atoms with Crippen LogP contribution in [0.1, 0.15) is 42.8 Å². The molecule has 0 spiro atoms. The molecule has 4 unspecified atom stereocenters. The fraction of sp³-hybridized carbons (Fsp3) is 0.526. The molecule has 1 aliphatic carbocycles. The van der Waals surface area contributed by atoms with Crippen LogP contribution < -0.4 is 0 Å². The molecule has 1 amide bonds. The van der Waals surface area contributed by atoms with E-state index in [0.29, 0.717) is 17.9 Å². The number of thiophene rings is 1. The first kappa shape index (κ1) is 15.5. The van der Waals surface area contributed by atoms with Crippen LogP contribution in [0.2, 0.25) is 5.02 Å². The van der Waals surface area contributed by atoms with Crippen molar-refractivity contribution in [3.63, 3.8) is 0 Å². The lowest BCUT2D eigenvalue weighted by molar-refractivity contribution is 0.0703. The molecule has 1 saturated carbocycles. The smallest absolute Gasteiger partial charge is 0.264 e. The average Bonchev–Trinajstić information content (AvgIpc) is 3.04. The number of rotatable bonds is 2. The van der Waals surface area contributed by atoms with Gasteiger partial charge in [-0.25, -0.2) is 0 Å². The zero-order chi connectivity index (χ0) is 16.1. The predicted molar refractivity (Wildman–Crippen MR) is 97.3 cm³/mol. The molecule has 2 heterocycles. The van der Waals surface area contributed by atoms with Crippen LogP contribution in [0.5, 0.6) is 0 Å². The van der Waals surface area contributed by atoms with E-state index in [4.69, 9.17) is 11.6 Å². The van der Waals surface area contributed by atoms with Crippen molar-refractivity contribution in [2.75, 3.05) is 6.54 Å². The number of halogens is 1. The van der Waals surface area contributed by atoms with E-state index >= 15 is 0 Å². The third-order valence-corrected chi connectivity index (χ3v) is 7.54. The van der Waals surface area contributed by atoms with Gasteiger partial charge in [-0.2, -0.15) is 0 Å². The fourth-order valence-corrected chi connectivity index (χ4v) is 5.81. The van der Waals surface area contributed by atoms with Crippen molar-refractivity contribution < 1.29 is 4.79 Å². The molecule has 23 heavy (non-hydrogen) atoms. The van der Waals surface area contributed by atoms with E-state index in [1.807, 2.05) is 24.3 Å². The molecule has 0 radical (unpaired) electrons. The van der Waals surface area contributed by atoms with Gasteiger partial charge >= 0.3 is 0 Å². The Kier molecular flexibility index (Phi) is 3.89. The zero-order valence-electron chi connectivity index (χ0n) is 13.6. The summed E-state index contributed by atoms with van der Waals surface area (Å²) in [7, 11) is 0. The molecule has 1 aromatic heterocycles. The van der Waals surface area contributed by atoms with Gasteiger partial charge in [0, 0.05) is 12.6 Å². The van der Waals surface area contributed by atoms with Crippen molar-refractivity contribution in [2.24, 2.45) is 17.8 Å². The van der Waals surface area contributed by atoms with E-state index in [1.54, 1.807) is 0 Å². The summed E-state index contributed by atoms with van der Waals surface area (Å²) in [6.07, 6.45) is 3.70. The zero-order valence-corrected chi connectivity index (χ0v) is 15.2. The lowest BCUT2D eigenvalue weighted by Crippen LogP contribution is -2.38. The molecule has 2 aromatic rings. The molecule has 4 heteroatoms.